The first-order valence-corrected chi connectivity index (χ1v) is 11.7. The number of hydrogen-bond donors (Lipinski definition) is 1. The Morgan fingerprint density at radius 1 is 1.44 bits per heavy atom. The lowest BCUT2D eigenvalue weighted by atomic mass is 10.1. The number of hydrogen-bond acceptors (Lipinski definition) is 6. The molecule has 3 rings (SSSR count). The van der Waals surface area contributed by atoms with Crippen molar-refractivity contribution in [2.24, 2.45) is 5.92 Å². The van der Waals surface area contributed by atoms with E-state index >= 15 is 0 Å². The first kappa shape index (κ1) is 20.0. The molecule has 1 aliphatic rings. The number of carbonyl (C=O) groups is 1. The number of thioether (sulfide) groups is 1. The highest BCUT2D eigenvalue weighted by Crippen LogP contribution is 2.25. The summed E-state index contributed by atoms with van der Waals surface area (Å²) in [7, 11) is -1.42. The Kier molecular flexibility index (Phi) is 6.00. The zero-order valence-electron chi connectivity index (χ0n) is 15.8. The molecule has 0 unspecified atom stereocenters. The number of imidazole rings is 1. The van der Waals surface area contributed by atoms with Gasteiger partial charge in [0.1, 0.15) is 5.75 Å². The van der Waals surface area contributed by atoms with Crippen molar-refractivity contribution in [2.75, 3.05) is 30.9 Å². The zero-order valence-corrected chi connectivity index (χ0v) is 17.4. The fourth-order valence-electron chi connectivity index (χ4n) is 3.24. The lowest BCUT2D eigenvalue weighted by Gasteiger charge is -2.29. The normalized spacial score (nSPS) is 18.9. The third kappa shape index (κ3) is 4.95. The van der Waals surface area contributed by atoms with Gasteiger partial charge in [0.15, 0.2) is 15.0 Å². The Morgan fingerprint density at radius 2 is 2.22 bits per heavy atom. The van der Waals surface area contributed by atoms with Crippen LogP contribution in [0, 0.1) is 5.92 Å². The molecule has 2 aromatic rings. The van der Waals surface area contributed by atoms with Gasteiger partial charge in [0.05, 0.1) is 35.4 Å². The number of aromatic amines is 1. The summed E-state index contributed by atoms with van der Waals surface area (Å²) in [5.41, 5.74) is 1.66. The summed E-state index contributed by atoms with van der Waals surface area (Å²) in [4.78, 5) is 22.2. The van der Waals surface area contributed by atoms with Crippen LogP contribution in [0.4, 0.5) is 0 Å². The Hall–Kier alpha value is -1.74. The van der Waals surface area contributed by atoms with Crippen molar-refractivity contribution in [2.45, 2.75) is 31.5 Å². The maximum absolute atomic E-state index is 12.8. The molecule has 2 heterocycles. The van der Waals surface area contributed by atoms with Crippen LogP contribution in [0.25, 0.3) is 11.0 Å². The maximum atomic E-state index is 12.8. The quantitative estimate of drug-likeness (QED) is 0.703. The number of methoxy groups -OCH3 is 1. The highest BCUT2D eigenvalue weighted by Gasteiger charge is 2.34. The van der Waals surface area contributed by atoms with Crippen LogP contribution in [0.2, 0.25) is 0 Å². The second kappa shape index (κ2) is 8.10. The molecule has 1 atom stereocenters. The van der Waals surface area contributed by atoms with E-state index in [1.165, 1.54) is 11.8 Å². The molecule has 0 bridgehead atoms. The van der Waals surface area contributed by atoms with Gasteiger partial charge in [0, 0.05) is 18.7 Å². The van der Waals surface area contributed by atoms with Crippen molar-refractivity contribution in [1.82, 2.24) is 14.9 Å². The van der Waals surface area contributed by atoms with E-state index < -0.39 is 9.84 Å². The number of benzene rings is 1. The average Bonchev–Trinajstić information content (AvgIpc) is 3.18. The highest BCUT2D eigenvalue weighted by molar-refractivity contribution is 7.99. The van der Waals surface area contributed by atoms with E-state index in [-0.39, 0.29) is 35.1 Å². The third-order valence-corrected chi connectivity index (χ3v) is 7.14. The number of nitrogens with zero attached hydrogens (tertiary/aromatic N) is 2. The summed E-state index contributed by atoms with van der Waals surface area (Å²) in [5, 5.41) is 0.662. The molecule has 0 aliphatic carbocycles. The summed E-state index contributed by atoms with van der Waals surface area (Å²) in [5.74, 6) is 1.43. The number of nitrogens with one attached hydrogen (secondary N) is 1. The smallest absolute Gasteiger partial charge is 0.233 e. The van der Waals surface area contributed by atoms with Gasteiger partial charge in [-0.2, -0.15) is 0 Å². The van der Waals surface area contributed by atoms with Gasteiger partial charge in [0.2, 0.25) is 5.91 Å². The van der Waals surface area contributed by atoms with Crippen molar-refractivity contribution in [3.63, 3.8) is 0 Å². The molecule has 1 amide bonds. The topological polar surface area (TPSA) is 92.4 Å². The van der Waals surface area contributed by atoms with Gasteiger partial charge >= 0.3 is 0 Å². The van der Waals surface area contributed by atoms with Gasteiger partial charge in [-0.3, -0.25) is 4.79 Å². The first-order valence-electron chi connectivity index (χ1n) is 8.94. The molecule has 7 nitrogen and oxygen atoms in total. The molecule has 0 saturated carbocycles. The number of H-pyrrole nitrogens is 1. The monoisotopic (exact) mass is 411 g/mol. The number of amides is 1. The Labute approximate surface area is 163 Å². The van der Waals surface area contributed by atoms with Crippen LogP contribution in [0.3, 0.4) is 0 Å². The van der Waals surface area contributed by atoms with E-state index in [9.17, 15) is 13.2 Å². The second-order valence-corrected chi connectivity index (χ2v) is 10.4. The van der Waals surface area contributed by atoms with Gasteiger partial charge in [-0.15, -0.1) is 0 Å². The number of aromatic nitrogens is 2. The standard InChI is InChI=1S/C18H25N3O4S2/c1-12(2)9-21(13-6-7-27(23,24)11-13)17(22)10-26-18-19-15-5-4-14(25-3)8-16(15)20-18/h4-5,8,12-13H,6-7,9-11H2,1-3H3,(H,19,20)/t13-/m0/s1. The molecule has 27 heavy (non-hydrogen) atoms. The van der Waals surface area contributed by atoms with E-state index in [1.807, 2.05) is 32.0 Å². The lowest BCUT2D eigenvalue weighted by molar-refractivity contribution is -0.130. The average molecular weight is 412 g/mol. The molecule has 1 N–H and O–H groups in total. The number of sulfone groups is 1. The second-order valence-electron chi connectivity index (χ2n) is 7.21. The van der Waals surface area contributed by atoms with Crippen molar-refractivity contribution in [1.29, 1.82) is 0 Å². The predicted molar refractivity (Wildman–Crippen MR) is 107 cm³/mol. The molecule has 1 aromatic heterocycles. The number of fused-ring (bicyclic) bond motifs is 1. The van der Waals surface area contributed by atoms with Crippen LogP contribution >= 0.6 is 11.8 Å². The van der Waals surface area contributed by atoms with Crippen molar-refractivity contribution < 1.29 is 17.9 Å². The van der Waals surface area contributed by atoms with Crippen molar-refractivity contribution in [3.8, 4) is 5.75 Å². The number of ether oxygens (including phenoxy) is 1. The molecule has 1 saturated heterocycles. The van der Waals surface area contributed by atoms with Gasteiger partial charge < -0.3 is 14.6 Å². The largest absolute Gasteiger partial charge is 0.497 e. The summed E-state index contributed by atoms with van der Waals surface area (Å²) < 4.78 is 28.8. The van der Waals surface area contributed by atoms with Gasteiger partial charge in [-0.25, -0.2) is 13.4 Å². The third-order valence-electron chi connectivity index (χ3n) is 4.53. The van der Waals surface area contributed by atoms with Gasteiger partial charge in [-0.05, 0) is 24.5 Å². The van der Waals surface area contributed by atoms with E-state index in [1.54, 1.807) is 12.0 Å². The maximum Gasteiger partial charge on any atom is 0.233 e. The molecular weight excluding hydrogens is 386 g/mol. The molecular formula is C18H25N3O4S2. The fraction of sp³-hybridized carbons (Fsp3) is 0.556. The van der Waals surface area contributed by atoms with Crippen LogP contribution < -0.4 is 4.74 Å². The van der Waals surface area contributed by atoms with E-state index in [2.05, 4.69) is 9.97 Å². The Balaban J connectivity index is 1.68. The summed E-state index contributed by atoms with van der Waals surface area (Å²) in [6, 6.07) is 5.35. The van der Waals surface area contributed by atoms with Crippen LogP contribution in [-0.4, -0.2) is 66.1 Å². The van der Waals surface area contributed by atoms with E-state index in [0.29, 0.717) is 18.1 Å². The van der Waals surface area contributed by atoms with Crippen LogP contribution in [0.1, 0.15) is 20.3 Å². The molecule has 1 fully saturated rings. The highest BCUT2D eigenvalue weighted by atomic mass is 32.2. The summed E-state index contributed by atoms with van der Waals surface area (Å²) in [6.07, 6.45) is 0.524. The van der Waals surface area contributed by atoms with E-state index in [4.69, 9.17) is 4.74 Å². The summed E-state index contributed by atoms with van der Waals surface area (Å²) >= 11 is 1.33. The molecule has 1 aromatic carbocycles. The zero-order chi connectivity index (χ0) is 19.6. The van der Waals surface area contributed by atoms with Crippen LogP contribution in [0.15, 0.2) is 23.4 Å². The van der Waals surface area contributed by atoms with Gasteiger partial charge in [-0.1, -0.05) is 25.6 Å². The fourth-order valence-corrected chi connectivity index (χ4v) is 5.74. The number of carbonyl (C=O) groups excluding carboxylic acids is 1. The number of rotatable bonds is 7. The molecule has 9 heteroatoms. The Bertz CT molecular complexity index is 924. The molecule has 0 radical (unpaired) electrons. The summed E-state index contributed by atoms with van der Waals surface area (Å²) in [6.45, 7) is 4.63. The lowest BCUT2D eigenvalue weighted by Crippen LogP contribution is -2.44. The molecule has 0 spiro atoms. The Morgan fingerprint density at radius 3 is 2.85 bits per heavy atom. The van der Waals surface area contributed by atoms with Gasteiger partial charge in [0.25, 0.3) is 0 Å². The minimum absolute atomic E-state index is 0.0474. The van der Waals surface area contributed by atoms with Crippen molar-refractivity contribution in [3.05, 3.63) is 18.2 Å². The van der Waals surface area contributed by atoms with Crippen LogP contribution in [0.5, 0.6) is 5.75 Å². The van der Waals surface area contributed by atoms with E-state index in [0.717, 1.165) is 16.8 Å². The van der Waals surface area contributed by atoms with Crippen LogP contribution in [-0.2, 0) is 14.6 Å². The molecule has 148 valence electrons. The first-order chi connectivity index (χ1) is 12.8. The predicted octanol–water partition coefficient (Wildman–Crippen LogP) is 2.34. The minimum atomic E-state index is -3.03. The SMILES string of the molecule is COc1ccc2nc(SCC(=O)N(CC(C)C)[C@H]3CCS(=O)(=O)C3)[nH]c2c1. The molecule has 1 aliphatic heterocycles. The van der Waals surface area contributed by atoms with Crippen molar-refractivity contribution >= 4 is 38.5 Å². The minimum Gasteiger partial charge on any atom is -0.497 e.